The van der Waals surface area contributed by atoms with Gasteiger partial charge in [-0.25, -0.2) is 0 Å². The van der Waals surface area contributed by atoms with Gasteiger partial charge in [-0.15, -0.1) is 12.4 Å². The Labute approximate surface area is 147 Å². The maximum Gasteiger partial charge on any atom is 0.254 e. The summed E-state index contributed by atoms with van der Waals surface area (Å²) >= 11 is 0. The van der Waals surface area contributed by atoms with E-state index in [1.54, 1.807) is 0 Å². The molecule has 0 bridgehead atoms. The molecule has 1 aliphatic heterocycles. The lowest BCUT2D eigenvalue weighted by Crippen LogP contribution is -2.45. The Morgan fingerprint density at radius 3 is 2.67 bits per heavy atom. The summed E-state index contributed by atoms with van der Waals surface area (Å²) in [6.45, 7) is 2.26. The van der Waals surface area contributed by atoms with Crippen LogP contribution >= 0.6 is 12.4 Å². The summed E-state index contributed by atoms with van der Waals surface area (Å²) in [7, 11) is 0. The van der Waals surface area contributed by atoms with Crippen molar-refractivity contribution in [1.29, 1.82) is 0 Å². The Kier molecular flexibility index (Phi) is 7.06. The number of carbonyl (C=O) groups is 1. The predicted octanol–water partition coefficient (Wildman–Crippen LogP) is 2.61. The van der Waals surface area contributed by atoms with Crippen LogP contribution in [-0.2, 0) is 16.1 Å². The van der Waals surface area contributed by atoms with Crippen LogP contribution in [0.5, 0.6) is 5.75 Å². The van der Waals surface area contributed by atoms with Crippen molar-refractivity contribution < 1.29 is 14.3 Å². The molecule has 1 heterocycles. The SMILES string of the molecule is Cl.O=C(Nc1ccccc1COc1ccccc1)C1CNCCO1. The molecular formula is C18H21ClN2O3. The summed E-state index contributed by atoms with van der Waals surface area (Å²) in [6.07, 6.45) is -0.452. The van der Waals surface area contributed by atoms with Crippen molar-refractivity contribution in [2.24, 2.45) is 0 Å². The number of hydrogen-bond donors (Lipinski definition) is 2. The van der Waals surface area contributed by atoms with Crippen LogP contribution in [0.1, 0.15) is 5.56 Å². The minimum Gasteiger partial charge on any atom is -0.489 e. The molecule has 6 heteroatoms. The van der Waals surface area contributed by atoms with Gasteiger partial charge in [-0.3, -0.25) is 4.79 Å². The van der Waals surface area contributed by atoms with Gasteiger partial charge in [0.1, 0.15) is 18.5 Å². The predicted molar refractivity (Wildman–Crippen MR) is 95.7 cm³/mol. The van der Waals surface area contributed by atoms with Gasteiger partial charge >= 0.3 is 0 Å². The highest BCUT2D eigenvalue weighted by atomic mass is 35.5. The molecule has 0 spiro atoms. The van der Waals surface area contributed by atoms with Crippen LogP contribution in [0, 0.1) is 0 Å². The number of carbonyl (C=O) groups excluding carboxylic acids is 1. The molecule has 1 amide bonds. The fourth-order valence-corrected chi connectivity index (χ4v) is 2.39. The molecule has 1 saturated heterocycles. The topological polar surface area (TPSA) is 59.6 Å². The van der Waals surface area contributed by atoms with Crippen molar-refractivity contribution in [1.82, 2.24) is 5.32 Å². The van der Waals surface area contributed by atoms with Crippen molar-refractivity contribution in [2.45, 2.75) is 12.7 Å². The van der Waals surface area contributed by atoms with Crippen molar-refractivity contribution in [2.75, 3.05) is 25.0 Å². The Morgan fingerprint density at radius 2 is 1.92 bits per heavy atom. The minimum atomic E-state index is -0.452. The highest BCUT2D eigenvalue weighted by Crippen LogP contribution is 2.19. The average molecular weight is 349 g/mol. The highest BCUT2D eigenvalue weighted by molar-refractivity contribution is 5.95. The lowest BCUT2D eigenvalue weighted by atomic mass is 10.1. The molecule has 0 aliphatic carbocycles. The van der Waals surface area contributed by atoms with E-state index in [0.717, 1.165) is 23.5 Å². The third-order valence-corrected chi connectivity index (χ3v) is 3.63. The van der Waals surface area contributed by atoms with Gasteiger partial charge in [-0.05, 0) is 18.2 Å². The number of anilines is 1. The first-order valence-corrected chi connectivity index (χ1v) is 7.72. The fourth-order valence-electron chi connectivity index (χ4n) is 2.39. The van der Waals surface area contributed by atoms with E-state index in [4.69, 9.17) is 9.47 Å². The van der Waals surface area contributed by atoms with Gasteiger partial charge in [0, 0.05) is 24.3 Å². The van der Waals surface area contributed by atoms with E-state index in [9.17, 15) is 4.79 Å². The van der Waals surface area contributed by atoms with Crippen LogP contribution in [0.15, 0.2) is 54.6 Å². The van der Waals surface area contributed by atoms with Gasteiger partial charge in [0.05, 0.1) is 6.61 Å². The van der Waals surface area contributed by atoms with Crippen LogP contribution in [0.4, 0.5) is 5.69 Å². The third-order valence-electron chi connectivity index (χ3n) is 3.63. The number of ether oxygens (including phenoxy) is 2. The summed E-state index contributed by atoms with van der Waals surface area (Å²) in [5.74, 6) is 0.665. The van der Waals surface area contributed by atoms with Crippen molar-refractivity contribution >= 4 is 24.0 Å². The molecule has 0 saturated carbocycles. The van der Waals surface area contributed by atoms with Crippen LogP contribution < -0.4 is 15.4 Å². The minimum absolute atomic E-state index is 0. The largest absolute Gasteiger partial charge is 0.489 e. The Balaban J connectivity index is 0.00000208. The van der Waals surface area contributed by atoms with E-state index >= 15 is 0 Å². The van der Waals surface area contributed by atoms with Gasteiger partial charge < -0.3 is 20.1 Å². The summed E-state index contributed by atoms with van der Waals surface area (Å²) in [5.41, 5.74) is 1.68. The molecular weight excluding hydrogens is 328 g/mol. The molecule has 24 heavy (non-hydrogen) atoms. The number of hydrogen-bond acceptors (Lipinski definition) is 4. The van der Waals surface area contributed by atoms with E-state index in [1.165, 1.54) is 0 Å². The van der Waals surface area contributed by atoms with E-state index in [1.807, 2.05) is 54.6 Å². The number of amides is 1. The van der Waals surface area contributed by atoms with Gasteiger partial charge in [-0.2, -0.15) is 0 Å². The smallest absolute Gasteiger partial charge is 0.254 e. The molecule has 5 nitrogen and oxygen atoms in total. The zero-order valence-electron chi connectivity index (χ0n) is 13.2. The molecule has 1 fully saturated rings. The molecule has 128 valence electrons. The third kappa shape index (κ3) is 4.96. The van der Waals surface area contributed by atoms with Crippen LogP contribution in [-0.4, -0.2) is 31.7 Å². The van der Waals surface area contributed by atoms with Crippen molar-refractivity contribution in [3.63, 3.8) is 0 Å². The van der Waals surface area contributed by atoms with Crippen molar-refractivity contribution in [3.8, 4) is 5.75 Å². The molecule has 2 N–H and O–H groups in total. The molecule has 1 unspecified atom stereocenters. The van der Waals surface area contributed by atoms with Gasteiger partial charge in [0.15, 0.2) is 0 Å². The molecule has 2 aromatic rings. The van der Waals surface area contributed by atoms with Crippen LogP contribution in [0.3, 0.4) is 0 Å². The maximum absolute atomic E-state index is 12.3. The average Bonchev–Trinajstić information content (AvgIpc) is 2.62. The molecule has 3 rings (SSSR count). The summed E-state index contributed by atoms with van der Waals surface area (Å²) < 4.78 is 11.2. The first-order valence-electron chi connectivity index (χ1n) is 7.72. The Hall–Kier alpha value is -2.08. The zero-order chi connectivity index (χ0) is 15.9. The second-order valence-corrected chi connectivity index (χ2v) is 5.31. The van der Waals surface area contributed by atoms with Crippen molar-refractivity contribution in [3.05, 3.63) is 60.2 Å². The second-order valence-electron chi connectivity index (χ2n) is 5.31. The van der Waals surface area contributed by atoms with Gasteiger partial charge in [0.2, 0.25) is 0 Å². The van der Waals surface area contributed by atoms with Crippen LogP contribution in [0.25, 0.3) is 0 Å². The number of para-hydroxylation sites is 2. The molecule has 0 aromatic heterocycles. The van der Waals surface area contributed by atoms with E-state index in [-0.39, 0.29) is 18.3 Å². The fraction of sp³-hybridized carbons (Fsp3) is 0.278. The monoisotopic (exact) mass is 348 g/mol. The zero-order valence-corrected chi connectivity index (χ0v) is 14.1. The normalized spacial score (nSPS) is 16.8. The van der Waals surface area contributed by atoms with Gasteiger partial charge in [-0.1, -0.05) is 36.4 Å². The lowest BCUT2D eigenvalue weighted by molar-refractivity contribution is -0.128. The summed E-state index contributed by atoms with van der Waals surface area (Å²) in [6, 6.07) is 17.2. The first-order chi connectivity index (χ1) is 11.3. The highest BCUT2D eigenvalue weighted by Gasteiger charge is 2.22. The summed E-state index contributed by atoms with van der Waals surface area (Å²) in [4.78, 5) is 12.3. The maximum atomic E-state index is 12.3. The Morgan fingerprint density at radius 1 is 1.17 bits per heavy atom. The van der Waals surface area contributed by atoms with Crippen LogP contribution in [0.2, 0.25) is 0 Å². The standard InChI is InChI=1S/C18H20N2O3.ClH/c21-18(17-12-19-10-11-22-17)20-16-9-5-4-6-14(16)13-23-15-7-2-1-3-8-15;/h1-9,17,19H,10-13H2,(H,20,21);1H. The number of nitrogens with one attached hydrogen (secondary N) is 2. The number of rotatable bonds is 5. The number of morpholine rings is 1. The van der Waals surface area contributed by atoms with Gasteiger partial charge in [0.25, 0.3) is 5.91 Å². The molecule has 1 aliphatic rings. The first kappa shape index (κ1) is 18.3. The quantitative estimate of drug-likeness (QED) is 0.872. The number of halogens is 1. The number of benzene rings is 2. The molecule has 2 aromatic carbocycles. The molecule has 1 atom stereocenters. The molecule has 0 radical (unpaired) electrons. The Bertz CT molecular complexity index is 646. The second kappa shape index (κ2) is 9.27. The lowest BCUT2D eigenvalue weighted by Gasteiger charge is -2.23. The van der Waals surface area contributed by atoms with E-state index < -0.39 is 6.10 Å². The summed E-state index contributed by atoms with van der Waals surface area (Å²) in [5, 5.41) is 6.08. The van der Waals surface area contributed by atoms with E-state index in [2.05, 4.69) is 10.6 Å². The van der Waals surface area contributed by atoms with E-state index in [0.29, 0.717) is 19.8 Å².